The predicted octanol–water partition coefficient (Wildman–Crippen LogP) is 4.92. The van der Waals surface area contributed by atoms with Crippen molar-refractivity contribution in [3.63, 3.8) is 0 Å². The highest BCUT2D eigenvalue weighted by Gasteiger charge is 2.40. The van der Waals surface area contributed by atoms with Gasteiger partial charge in [0, 0.05) is 68.7 Å². The zero-order valence-electron chi connectivity index (χ0n) is 22.9. The van der Waals surface area contributed by atoms with E-state index in [4.69, 9.17) is 31.5 Å². The third-order valence-electron chi connectivity index (χ3n) is 7.85. The molecule has 2 aromatic rings. The molecule has 9 heteroatoms. The Balaban J connectivity index is 1.39. The minimum absolute atomic E-state index is 0.0221. The number of methoxy groups -OCH3 is 1. The van der Waals surface area contributed by atoms with E-state index in [9.17, 15) is 4.79 Å². The number of halogens is 1. The van der Waals surface area contributed by atoms with E-state index in [0.717, 1.165) is 62.6 Å². The van der Waals surface area contributed by atoms with Crippen molar-refractivity contribution in [2.45, 2.75) is 64.7 Å². The number of unbranched alkanes of at least 4 members (excludes halogenated alkanes) is 1. The molecule has 2 fully saturated rings. The number of nitrogens with two attached hydrogens (primary N) is 1. The Bertz CT molecular complexity index is 1070. The van der Waals surface area contributed by atoms with Crippen LogP contribution in [0.5, 0.6) is 11.6 Å². The van der Waals surface area contributed by atoms with Crippen LogP contribution in [0.4, 0.5) is 11.4 Å². The van der Waals surface area contributed by atoms with Crippen LogP contribution in [-0.4, -0.2) is 62.5 Å². The Labute approximate surface area is 231 Å². The van der Waals surface area contributed by atoms with E-state index in [1.54, 1.807) is 13.3 Å². The topological polar surface area (TPSA) is 90.2 Å². The summed E-state index contributed by atoms with van der Waals surface area (Å²) in [7, 11) is 1.61. The molecule has 208 valence electrons. The molecule has 1 aromatic carbocycles. The van der Waals surface area contributed by atoms with E-state index >= 15 is 0 Å². The van der Waals surface area contributed by atoms with Gasteiger partial charge < -0.3 is 29.7 Å². The fraction of sp³-hybridized carbons (Fsp3) is 0.586. The molecular formula is C29H41ClN4O4. The minimum Gasteiger partial charge on any atom is -0.490 e. The van der Waals surface area contributed by atoms with E-state index in [1.807, 2.05) is 18.2 Å². The molecular weight excluding hydrogens is 504 g/mol. The smallest absolute Gasteiger partial charge is 0.219 e. The number of primary amides is 1. The summed E-state index contributed by atoms with van der Waals surface area (Å²) in [5, 5.41) is 0.622. The van der Waals surface area contributed by atoms with Gasteiger partial charge in [-0.25, -0.2) is 4.98 Å². The standard InChI is InChI=1S/C29H41ClN4O4/c1-5-6-13-37-27-18-34(24(20(27)3)14-28(31)35)21-7-9-22(10-8-21)38-26-11-12-33(17-19(26)2)25-15-29(36-4)32-16-23(25)30/h7-10,15-16,19-20,24,26-27H,5-6,11-14,17-18H2,1-4H3,(H2,31,35). The minimum atomic E-state index is -0.284. The number of ether oxygens (including phenoxy) is 3. The highest BCUT2D eigenvalue weighted by molar-refractivity contribution is 6.33. The van der Waals surface area contributed by atoms with E-state index in [0.29, 0.717) is 23.2 Å². The predicted molar refractivity (Wildman–Crippen MR) is 151 cm³/mol. The zero-order chi connectivity index (χ0) is 27.2. The lowest BCUT2D eigenvalue weighted by Gasteiger charge is -2.38. The summed E-state index contributed by atoms with van der Waals surface area (Å²) in [6.45, 7) is 9.68. The number of aromatic nitrogens is 1. The van der Waals surface area contributed by atoms with Gasteiger partial charge in [-0.2, -0.15) is 0 Å². The van der Waals surface area contributed by atoms with Crippen LogP contribution >= 0.6 is 11.6 Å². The molecule has 0 saturated carbocycles. The lowest BCUT2D eigenvalue weighted by atomic mass is 9.96. The summed E-state index contributed by atoms with van der Waals surface area (Å²) in [6, 6.07) is 10.1. The highest BCUT2D eigenvalue weighted by atomic mass is 35.5. The summed E-state index contributed by atoms with van der Waals surface area (Å²) in [5.41, 5.74) is 7.60. The number of hydrogen-bond donors (Lipinski definition) is 1. The lowest BCUT2D eigenvalue weighted by molar-refractivity contribution is -0.118. The lowest BCUT2D eigenvalue weighted by Crippen LogP contribution is -2.44. The van der Waals surface area contributed by atoms with Crippen molar-refractivity contribution in [3.8, 4) is 11.6 Å². The molecule has 1 amide bonds. The van der Waals surface area contributed by atoms with Crippen molar-refractivity contribution in [3.05, 3.63) is 41.6 Å². The second kappa shape index (κ2) is 12.9. The molecule has 0 spiro atoms. The monoisotopic (exact) mass is 544 g/mol. The Hall–Kier alpha value is -2.71. The summed E-state index contributed by atoms with van der Waals surface area (Å²) >= 11 is 6.43. The van der Waals surface area contributed by atoms with Crippen molar-refractivity contribution in [2.24, 2.45) is 17.6 Å². The molecule has 5 unspecified atom stereocenters. The molecule has 8 nitrogen and oxygen atoms in total. The average molecular weight is 545 g/mol. The van der Waals surface area contributed by atoms with Crippen LogP contribution in [0, 0.1) is 11.8 Å². The van der Waals surface area contributed by atoms with Gasteiger partial charge in [-0.1, -0.05) is 38.8 Å². The number of amides is 1. The van der Waals surface area contributed by atoms with E-state index in [1.165, 1.54) is 0 Å². The summed E-state index contributed by atoms with van der Waals surface area (Å²) in [6.07, 6.45) is 5.16. The van der Waals surface area contributed by atoms with E-state index < -0.39 is 0 Å². The summed E-state index contributed by atoms with van der Waals surface area (Å²) in [5.74, 6) is 1.64. The van der Waals surface area contributed by atoms with E-state index in [-0.39, 0.29) is 30.1 Å². The second-order valence-corrected chi connectivity index (χ2v) is 11.0. The van der Waals surface area contributed by atoms with Crippen molar-refractivity contribution in [1.82, 2.24) is 4.98 Å². The van der Waals surface area contributed by atoms with Gasteiger partial charge in [-0.3, -0.25) is 4.79 Å². The Morgan fingerprint density at radius 3 is 2.61 bits per heavy atom. The van der Waals surface area contributed by atoms with Crippen molar-refractivity contribution < 1.29 is 19.0 Å². The summed E-state index contributed by atoms with van der Waals surface area (Å²) in [4.78, 5) is 20.6. The first-order valence-corrected chi connectivity index (χ1v) is 14.1. The first-order chi connectivity index (χ1) is 18.3. The first-order valence-electron chi connectivity index (χ1n) is 13.7. The number of pyridine rings is 1. The molecule has 2 N–H and O–H groups in total. The molecule has 38 heavy (non-hydrogen) atoms. The molecule has 2 saturated heterocycles. The van der Waals surface area contributed by atoms with Crippen LogP contribution in [-0.2, 0) is 9.53 Å². The number of piperidine rings is 1. The Morgan fingerprint density at radius 1 is 1.18 bits per heavy atom. The fourth-order valence-corrected chi connectivity index (χ4v) is 5.81. The quantitative estimate of drug-likeness (QED) is 0.401. The maximum atomic E-state index is 11.8. The van der Waals surface area contributed by atoms with Gasteiger partial charge in [0.2, 0.25) is 11.8 Å². The van der Waals surface area contributed by atoms with Gasteiger partial charge in [0.1, 0.15) is 11.9 Å². The van der Waals surface area contributed by atoms with Gasteiger partial charge in [0.05, 0.1) is 30.1 Å². The average Bonchev–Trinajstić information content (AvgIpc) is 3.20. The van der Waals surface area contributed by atoms with Crippen LogP contribution in [0.15, 0.2) is 36.5 Å². The molecule has 1 aromatic heterocycles. The molecule has 0 radical (unpaired) electrons. The van der Waals surface area contributed by atoms with Crippen LogP contribution < -0.4 is 25.0 Å². The largest absolute Gasteiger partial charge is 0.490 e. The molecule has 0 bridgehead atoms. The van der Waals surface area contributed by atoms with Crippen LogP contribution in [0.1, 0.15) is 46.5 Å². The number of carbonyl (C=O) groups excluding carboxylic acids is 1. The summed E-state index contributed by atoms with van der Waals surface area (Å²) < 4.78 is 17.9. The van der Waals surface area contributed by atoms with Gasteiger partial charge in [0.15, 0.2) is 0 Å². The third-order valence-corrected chi connectivity index (χ3v) is 8.14. The maximum Gasteiger partial charge on any atom is 0.219 e. The van der Waals surface area contributed by atoms with Gasteiger partial charge >= 0.3 is 0 Å². The number of hydrogen-bond acceptors (Lipinski definition) is 7. The molecule has 5 atom stereocenters. The van der Waals surface area contributed by atoms with Crippen molar-refractivity contribution >= 4 is 28.9 Å². The number of benzene rings is 1. The van der Waals surface area contributed by atoms with Crippen molar-refractivity contribution in [1.29, 1.82) is 0 Å². The normalized spacial score (nSPS) is 25.4. The van der Waals surface area contributed by atoms with Crippen molar-refractivity contribution in [2.75, 3.05) is 43.2 Å². The second-order valence-electron chi connectivity index (χ2n) is 10.6. The molecule has 4 rings (SSSR count). The molecule has 2 aliphatic heterocycles. The van der Waals surface area contributed by atoms with Crippen LogP contribution in [0.25, 0.3) is 0 Å². The maximum absolute atomic E-state index is 11.8. The molecule has 0 aliphatic carbocycles. The zero-order valence-corrected chi connectivity index (χ0v) is 23.7. The van der Waals surface area contributed by atoms with Gasteiger partial charge in [0.25, 0.3) is 0 Å². The number of carbonyl (C=O) groups is 1. The molecule has 3 heterocycles. The number of anilines is 2. The van der Waals surface area contributed by atoms with Gasteiger partial charge in [-0.05, 0) is 30.7 Å². The van der Waals surface area contributed by atoms with Crippen LogP contribution in [0.2, 0.25) is 5.02 Å². The van der Waals surface area contributed by atoms with Gasteiger partial charge in [-0.15, -0.1) is 0 Å². The van der Waals surface area contributed by atoms with E-state index in [2.05, 4.69) is 47.7 Å². The third kappa shape index (κ3) is 6.64. The Kier molecular flexibility index (Phi) is 9.60. The first kappa shape index (κ1) is 28.3. The Morgan fingerprint density at radius 2 is 1.95 bits per heavy atom. The number of nitrogens with zero attached hydrogens (tertiary/aromatic N) is 3. The molecule has 2 aliphatic rings. The fourth-order valence-electron chi connectivity index (χ4n) is 5.58. The SMILES string of the molecule is CCCCOC1CN(c2ccc(OC3CCN(c4cc(OC)ncc4Cl)CC3C)cc2)C(CC(N)=O)C1C. The van der Waals surface area contributed by atoms with Crippen LogP contribution in [0.3, 0.4) is 0 Å². The highest BCUT2D eigenvalue weighted by Crippen LogP contribution is 2.36. The number of rotatable bonds is 11.